The third-order valence-corrected chi connectivity index (χ3v) is 10.7. The van der Waals surface area contributed by atoms with E-state index in [9.17, 15) is 23.1 Å². The Morgan fingerprint density at radius 3 is 2.34 bits per heavy atom. The monoisotopic (exact) mass is 642 g/mol. The third-order valence-electron chi connectivity index (χ3n) is 7.99. The molecule has 2 heterocycles. The molecule has 2 amide bonds. The Hall–Kier alpha value is -3.48. The summed E-state index contributed by atoms with van der Waals surface area (Å²) in [6.45, 7) is 0.394. The quantitative estimate of drug-likeness (QED) is 0.322. The van der Waals surface area contributed by atoms with E-state index in [1.165, 1.54) is 4.90 Å². The maximum atomic E-state index is 14.1. The second kappa shape index (κ2) is 14.1. The Morgan fingerprint density at radius 2 is 1.68 bits per heavy atom. The molecule has 0 spiro atoms. The first-order valence-electron chi connectivity index (χ1n) is 14.5. The first-order chi connectivity index (χ1) is 21.2. The van der Waals surface area contributed by atoms with Gasteiger partial charge in [-0.25, -0.2) is 18.7 Å². The molecule has 2 N–H and O–H groups in total. The molecule has 2 unspecified atom stereocenters. The molecule has 3 atom stereocenters. The number of rotatable bonds is 9. The number of aliphatic hydroxyl groups excluding tert-OH is 1. The number of sulfone groups is 1. The molecule has 3 aromatic carbocycles. The van der Waals surface area contributed by atoms with Gasteiger partial charge in [-0.1, -0.05) is 54.1 Å². The zero-order valence-electron chi connectivity index (χ0n) is 24.1. The lowest BCUT2D eigenvalue weighted by molar-refractivity contribution is -0.200. The van der Waals surface area contributed by atoms with Crippen LogP contribution in [0.15, 0.2) is 78.9 Å². The molecule has 44 heavy (non-hydrogen) atoms. The lowest BCUT2D eigenvalue weighted by Gasteiger charge is -2.32. The predicted octanol–water partition coefficient (Wildman–Crippen LogP) is 4.67. The summed E-state index contributed by atoms with van der Waals surface area (Å²) in [5, 5.41) is 11.3. The lowest BCUT2D eigenvalue weighted by atomic mass is 9.90. The van der Waals surface area contributed by atoms with E-state index < -0.39 is 51.0 Å². The van der Waals surface area contributed by atoms with Crippen LogP contribution in [0.5, 0.6) is 11.5 Å². The van der Waals surface area contributed by atoms with Crippen molar-refractivity contribution in [1.29, 1.82) is 0 Å². The van der Waals surface area contributed by atoms with E-state index in [-0.39, 0.29) is 19.5 Å². The number of hydrogen-bond acceptors (Lipinski definition) is 8. The molecule has 2 aliphatic heterocycles. The van der Waals surface area contributed by atoms with Crippen LogP contribution in [0.1, 0.15) is 49.3 Å². The fourth-order valence-electron chi connectivity index (χ4n) is 5.50. The molecule has 3 aromatic rings. The van der Waals surface area contributed by atoms with Gasteiger partial charge in [-0.05, 0) is 66.8 Å². The van der Waals surface area contributed by atoms with Crippen molar-refractivity contribution in [3.05, 3.63) is 95.0 Å². The van der Waals surface area contributed by atoms with Crippen LogP contribution in [0.2, 0.25) is 5.02 Å². The molecule has 0 aromatic heterocycles. The Labute approximate surface area is 261 Å². The van der Waals surface area contributed by atoms with E-state index in [4.69, 9.17) is 25.9 Å². The number of nitrogens with zero attached hydrogens (tertiary/aromatic N) is 1. The Bertz CT molecular complexity index is 1530. The van der Waals surface area contributed by atoms with Gasteiger partial charge in [0.2, 0.25) is 5.91 Å². The van der Waals surface area contributed by atoms with Crippen LogP contribution < -0.4 is 10.2 Å². The minimum atomic E-state index is -4.02. The Balaban J connectivity index is 1.40. The molecule has 0 bridgehead atoms. The number of hydrogen-bond donors (Lipinski definition) is 2. The van der Waals surface area contributed by atoms with Crippen LogP contribution >= 0.6 is 11.6 Å². The number of amides is 2. The summed E-state index contributed by atoms with van der Waals surface area (Å²) in [5.41, 5.74) is 3.18. The minimum absolute atomic E-state index is 0.00482. The summed E-state index contributed by atoms with van der Waals surface area (Å²) < 4.78 is 37.9. The van der Waals surface area contributed by atoms with Crippen molar-refractivity contribution in [3.8, 4) is 11.5 Å². The van der Waals surface area contributed by atoms with E-state index in [2.05, 4.69) is 5.48 Å². The fourth-order valence-corrected chi connectivity index (χ4v) is 7.73. The highest BCUT2D eigenvalue weighted by molar-refractivity contribution is 7.92. The third kappa shape index (κ3) is 7.41. The fraction of sp³-hybridized carbons (Fsp3) is 0.375. The number of aliphatic hydroxyl groups is 1. The van der Waals surface area contributed by atoms with Gasteiger partial charge in [0.15, 0.2) is 22.2 Å². The van der Waals surface area contributed by atoms with Gasteiger partial charge >= 0.3 is 0 Å². The molecule has 2 saturated heterocycles. The summed E-state index contributed by atoms with van der Waals surface area (Å²) in [6.07, 6.45) is -0.159. The summed E-state index contributed by atoms with van der Waals surface area (Å²) in [7, 11) is -4.02. The molecular weight excluding hydrogens is 608 g/mol. The highest BCUT2D eigenvalue weighted by atomic mass is 35.5. The summed E-state index contributed by atoms with van der Waals surface area (Å²) in [6, 6.07) is 21.8. The van der Waals surface area contributed by atoms with Crippen molar-refractivity contribution in [3.63, 3.8) is 0 Å². The molecule has 0 saturated carbocycles. The zero-order valence-corrected chi connectivity index (χ0v) is 25.6. The van der Waals surface area contributed by atoms with Gasteiger partial charge < -0.3 is 19.5 Å². The molecule has 12 heteroatoms. The molecule has 234 valence electrons. The van der Waals surface area contributed by atoms with E-state index in [1.807, 2.05) is 0 Å². The number of halogens is 1. The van der Waals surface area contributed by atoms with E-state index in [0.29, 0.717) is 40.7 Å². The first-order valence-corrected chi connectivity index (χ1v) is 16.5. The van der Waals surface area contributed by atoms with Crippen LogP contribution in [0.3, 0.4) is 0 Å². The molecular formula is C32H35ClN2O8S. The van der Waals surface area contributed by atoms with Crippen molar-refractivity contribution >= 4 is 33.3 Å². The Morgan fingerprint density at radius 1 is 1.00 bits per heavy atom. The standard InChI is InChI=1S/C32H35ClN2O8S/c33-25-11-15-27(16-12-25)42-26-13-9-24(10-14-26)32(22-28(36)34-43-29-8-4-5-20-41-29)17-18-35(19-21-44(32,39)40)31(38)30(37)23-6-2-1-3-7-23/h1-3,6-7,9-16,29-30,37H,4-5,8,17-22H2,(H,34,36)/t29?,30-,32?/m0/s1. The molecule has 0 aliphatic carbocycles. The smallest absolute Gasteiger partial charge is 0.256 e. The van der Waals surface area contributed by atoms with Crippen molar-refractivity contribution in [2.45, 2.75) is 49.2 Å². The van der Waals surface area contributed by atoms with E-state index in [0.717, 1.165) is 12.8 Å². The molecule has 10 nitrogen and oxygen atoms in total. The number of carbonyl (C=O) groups is 2. The first kappa shape index (κ1) is 31.9. The number of hydroxylamine groups is 1. The SMILES string of the molecule is O=C(CC1(c2ccc(Oc3ccc(Cl)cc3)cc2)CCN(C(=O)[C@@H](O)c2ccccc2)CCS1(=O)=O)NOC1CCCCO1. The van der Waals surface area contributed by atoms with Crippen molar-refractivity contribution in [2.75, 3.05) is 25.4 Å². The zero-order chi connectivity index (χ0) is 31.2. The van der Waals surface area contributed by atoms with Crippen LogP contribution in [0.25, 0.3) is 0 Å². The lowest BCUT2D eigenvalue weighted by Crippen LogP contribution is -2.43. The van der Waals surface area contributed by atoms with Crippen molar-refractivity contribution in [1.82, 2.24) is 10.4 Å². The highest BCUT2D eigenvalue weighted by Crippen LogP contribution is 2.41. The molecule has 2 fully saturated rings. The largest absolute Gasteiger partial charge is 0.457 e. The maximum absolute atomic E-state index is 14.1. The number of ether oxygens (including phenoxy) is 2. The van der Waals surface area contributed by atoms with Gasteiger partial charge in [0.05, 0.1) is 12.2 Å². The maximum Gasteiger partial charge on any atom is 0.256 e. The van der Waals surface area contributed by atoms with Gasteiger partial charge in [0.25, 0.3) is 5.91 Å². The topological polar surface area (TPSA) is 131 Å². The second-order valence-electron chi connectivity index (χ2n) is 10.9. The van der Waals surface area contributed by atoms with Crippen LogP contribution in [0, 0.1) is 0 Å². The second-order valence-corrected chi connectivity index (χ2v) is 13.8. The van der Waals surface area contributed by atoms with Crippen LogP contribution in [-0.4, -0.2) is 62.0 Å². The van der Waals surface area contributed by atoms with E-state index >= 15 is 0 Å². The summed E-state index contributed by atoms with van der Waals surface area (Å²) >= 11 is 5.96. The average molecular weight is 643 g/mol. The van der Waals surface area contributed by atoms with Gasteiger partial charge in [0, 0.05) is 31.1 Å². The molecule has 5 rings (SSSR count). The normalized spacial score (nSPS) is 22.4. The van der Waals surface area contributed by atoms with Crippen LogP contribution in [-0.2, 0) is 33.7 Å². The van der Waals surface area contributed by atoms with Crippen LogP contribution in [0.4, 0.5) is 0 Å². The average Bonchev–Trinajstić information content (AvgIpc) is 3.17. The minimum Gasteiger partial charge on any atom is -0.457 e. The number of benzene rings is 3. The van der Waals surface area contributed by atoms with Gasteiger partial charge in [-0.3, -0.25) is 9.59 Å². The predicted molar refractivity (Wildman–Crippen MR) is 163 cm³/mol. The molecule has 2 aliphatic rings. The van der Waals surface area contributed by atoms with Gasteiger partial charge in [0.1, 0.15) is 16.2 Å². The van der Waals surface area contributed by atoms with Crippen molar-refractivity contribution in [2.24, 2.45) is 0 Å². The Kier molecular flexibility index (Phi) is 10.2. The summed E-state index contributed by atoms with van der Waals surface area (Å²) in [4.78, 5) is 33.4. The highest BCUT2D eigenvalue weighted by Gasteiger charge is 2.49. The van der Waals surface area contributed by atoms with Crippen molar-refractivity contribution < 1.29 is 37.4 Å². The van der Waals surface area contributed by atoms with E-state index in [1.54, 1.807) is 78.9 Å². The van der Waals surface area contributed by atoms with Gasteiger partial charge in [-0.2, -0.15) is 0 Å². The number of carbonyl (C=O) groups excluding carboxylic acids is 2. The molecule has 0 radical (unpaired) electrons. The summed E-state index contributed by atoms with van der Waals surface area (Å²) in [5.74, 6) is -0.623. The number of nitrogens with one attached hydrogen (secondary N) is 1. The van der Waals surface area contributed by atoms with Gasteiger partial charge in [-0.15, -0.1) is 0 Å².